The van der Waals surface area contributed by atoms with E-state index in [0.29, 0.717) is 47.5 Å². The zero-order valence-corrected chi connectivity index (χ0v) is 21.1. The van der Waals surface area contributed by atoms with E-state index in [0.717, 1.165) is 4.31 Å². The molecule has 3 aromatic carbocycles. The summed E-state index contributed by atoms with van der Waals surface area (Å²) in [6.45, 7) is 1.26. The molecule has 6 nitrogen and oxygen atoms in total. The molecule has 10 heteroatoms. The second-order valence-electron chi connectivity index (χ2n) is 8.18. The highest BCUT2D eigenvalue weighted by atomic mass is 35.5. The van der Waals surface area contributed by atoms with Gasteiger partial charge in [-0.05, 0) is 54.1 Å². The van der Waals surface area contributed by atoms with E-state index in [1.807, 2.05) is 4.90 Å². The van der Waals surface area contributed by atoms with E-state index in [1.165, 1.54) is 30.3 Å². The lowest BCUT2D eigenvalue weighted by Crippen LogP contribution is -2.52. The van der Waals surface area contributed by atoms with Gasteiger partial charge in [0.05, 0.1) is 17.1 Å². The Morgan fingerprint density at radius 1 is 0.886 bits per heavy atom. The number of rotatable bonds is 7. The molecule has 1 aliphatic rings. The van der Waals surface area contributed by atoms with Crippen molar-refractivity contribution >= 4 is 44.8 Å². The SMILES string of the molecule is O=C(CN(Cc1cccc(Cl)c1)S(=O)(=O)c1ccc(Cl)cc1)N1CCN(c2ccccc2F)CC1. The van der Waals surface area contributed by atoms with Gasteiger partial charge in [0, 0.05) is 42.8 Å². The summed E-state index contributed by atoms with van der Waals surface area (Å²) in [6.07, 6.45) is 0. The number of carbonyl (C=O) groups excluding carboxylic acids is 1. The first-order valence-electron chi connectivity index (χ1n) is 11.0. The highest BCUT2D eigenvalue weighted by Crippen LogP contribution is 2.23. The van der Waals surface area contributed by atoms with Gasteiger partial charge in [-0.1, -0.05) is 47.5 Å². The first-order chi connectivity index (χ1) is 16.7. The van der Waals surface area contributed by atoms with E-state index in [1.54, 1.807) is 47.4 Å². The number of piperazine rings is 1. The Labute approximate surface area is 214 Å². The van der Waals surface area contributed by atoms with E-state index >= 15 is 0 Å². The lowest BCUT2D eigenvalue weighted by molar-refractivity contribution is -0.131. The Morgan fingerprint density at radius 2 is 1.57 bits per heavy atom. The highest BCUT2D eigenvalue weighted by molar-refractivity contribution is 7.89. The fraction of sp³-hybridized carbons (Fsp3) is 0.240. The summed E-state index contributed by atoms with van der Waals surface area (Å²) in [7, 11) is -4.00. The van der Waals surface area contributed by atoms with E-state index in [2.05, 4.69) is 0 Å². The topological polar surface area (TPSA) is 60.9 Å². The molecule has 1 fully saturated rings. The highest BCUT2D eigenvalue weighted by Gasteiger charge is 2.30. The molecule has 1 saturated heterocycles. The molecule has 0 unspecified atom stereocenters. The smallest absolute Gasteiger partial charge is 0.243 e. The van der Waals surface area contributed by atoms with Crippen molar-refractivity contribution in [3.8, 4) is 0 Å². The van der Waals surface area contributed by atoms with Crippen LogP contribution in [0.3, 0.4) is 0 Å². The van der Waals surface area contributed by atoms with Gasteiger partial charge in [-0.2, -0.15) is 4.31 Å². The number of carbonyl (C=O) groups is 1. The number of hydrogen-bond acceptors (Lipinski definition) is 4. The first kappa shape index (κ1) is 25.4. The summed E-state index contributed by atoms with van der Waals surface area (Å²) in [5.41, 5.74) is 1.15. The summed E-state index contributed by atoms with van der Waals surface area (Å²) < 4.78 is 42.2. The third-order valence-electron chi connectivity index (χ3n) is 5.84. The Morgan fingerprint density at radius 3 is 2.23 bits per heavy atom. The molecular weight excluding hydrogens is 512 g/mol. The van der Waals surface area contributed by atoms with Gasteiger partial charge in [-0.3, -0.25) is 4.79 Å². The fourth-order valence-corrected chi connectivity index (χ4v) is 5.69. The number of halogens is 3. The van der Waals surface area contributed by atoms with Crippen LogP contribution in [-0.2, 0) is 21.4 Å². The molecule has 1 aliphatic heterocycles. The zero-order valence-electron chi connectivity index (χ0n) is 18.8. The molecule has 0 saturated carbocycles. The molecule has 1 heterocycles. The van der Waals surface area contributed by atoms with Crippen LogP contribution < -0.4 is 4.90 Å². The minimum atomic E-state index is -4.00. The number of sulfonamides is 1. The van der Waals surface area contributed by atoms with Gasteiger partial charge in [-0.25, -0.2) is 12.8 Å². The van der Waals surface area contributed by atoms with Gasteiger partial charge in [0.1, 0.15) is 5.82 Å². The molecule has 0 bridgehead atoms. The lowest BCUT2D eigenvalue weighted by atomic mass is 10.2. The van der Waals surface area contributed by atoms with Gasteiger partial charge in [-0.15, -0.1) is 0 Å². The molecule has 35 heavy (non-hydrogen) atoms. The lowest BCUT2D eigenvalue weighted by Gasteiger charge is -2.37. The third kappa shape index (κ3) is 6.13. The number of hydrogen-bond donors (Lipinski definition) is 0. The number of para-hydroxylation sites is 1. The number of benzene rings is 3. The van der Waals surface area contributed by atoms with Crippen LogP contribution >= 0.6 is 23.2 Å². The standard InChI is InChI=1S/C25H24Cl2FN3O3S/c26-20-8-10-22(11-9-20)35(33,34)31(17-19-4-3-5-21(27)16-19)18-25(32)30-14-12-29(13-15-30)24-7-2-1-6-23(24)28/h1-11,16H,12-15,17-18H2. The zero-order chi connectivity index (χ0) is 25.0. The molecule has 0 spiro atoms. The predicted molar refractivity (Wildman–Crippen MR) is 136 cm³/mol. The number of nitrogens with zero attached hydrogens (tertiary/aromatic N) is 3. The van der Waals surface area contributed by atoms with Crippen LogP contribution in [0.25, 0.3) is 0 Å². The van der Waals surface area contributed by atoms with E-state index in [9.17, 15) is 17.6 Å². The van der Waals surface area contributed by atoms with Gasteiger partial charge in [0.15, 0.2) is 0 Å². The van der Waals surface area contributed by atoms with E-state index in [-0.39, 0.29) is 29.7 Å². The Hall–Kier alpha value is -2.65. The second kappa shape index (κ2) is 11.0. The van der Waals surface area contributed by atoms with Crippen molar-refractivity contribution in [2.24, 2.45) is 0 Å². The minimum Gasteiger partial charge on any atom is -0.366 e. The van der Waals surface area contributed by atoms with Gasteiger partial charge < -0.3 is 9.80 Å². The maximum atomic E-state index is 14.1. The van der Waals surface area contributed by atoms with Crippen molar-refractivity contribution in [1.82, 2.24) is 9.21 Å². The summed E-state index contributed by atoms with van der Waals surface area (Å²) in [4.78, 5) is 16.7. The van der Waals surface area contributed by atoms with Crippen LogP contribution in [0.1, 0.15) is 5.56 Å². The number of amides is 1. The molecule has 184 valence electrons. The molecule has 0 atom stereocenters. The van der Waals surface area contributed by atoms with Crippen LogP contribution in [0.5, 0.6) is 0 Å². The molecule has 1 amide bonds. The number of anilines is 1. The third-order valence-corrected chi connectivity index (χ3v) is 8.13. The Bertz CT molecular complexity index is 1300. The first-order valence-corrected chi connectivity index (χ1v) is 13.2. The monoisotopic (exact) mass is 535 g/mol. The van der Waals surface area contributed by atoms with Gasteiger partial charge in [0.2, 0.25) is 15.9 Å². The second-order valence-corrected chi connectivity index (χ2v) is 11.0. The fourth-order valence-electron chi connectivity index (χ4n) is 3.98. The van der Waals surface area contributed by atoms with E-state index < -0.39 is 10.0 Å². The van der Waals surface area contributed by atoms with Crippen molar-refractivity contribution in [3.63, 3.8) is 0 Å². The largest absolute Gasteiger partial charge is 0.366 e. The average Bonchev–Trinajstić information content (AvgIpc) is 2.84. The molecule has 0 aromatic heterocycles. The average molecular weight is 536 g/mol. The van der Waals surface area contributed by atoms with Crippen LogP contribution in [0.15, 0.2) is 77.7 Å². The Balaban J connectivity index is 1.51. The predicted octanol–water partition coefficient (Wildman–Crippen LogP) is 4.67. The molecule has 3 aromatic rings. The summed E-state index contributed by atoms with van der Waals surface area (Å²) in [6, 6.07) is 19.2. The molecule has 0 aliphatic carbocycles. The van der Waals surface area contributed by atoms with Crippen molar-refractivity contribution in [3.05, 3.63) is 94.2 Å². The summed E-state index contributed by atoms with van der Waals surface area (Å²) >= 11 is 12.0. The molecule has 0 radical (unpaired) electrons. The van der Waals surface area contributed by atoms with Crippen LogP contribution in [0.4, 0.5) is 10.1 Å². The van der Waals surface area contributed by atoms with Crippen molar-refractivity contribution in [2.75, 3.05) is 37.6 Å². The molecule has 0 N–H and O–H groups in total. The Kier molecular flexibility index (Phi) is 7.96. The van der Waals surface area contributed by atoms with Crippen LogP contribution in [0.2, 0.25) is 10.0 Å². The van der Waals surface area contributed by atoms with Crippen LogP contribution in [0, 0.1) is 5.82 Å². The summed E-state index contributed by atoms with van der Waals surface area (Å²) in [5.74, 6) is -0.633. The van der Waals surface area contributed by atoms with Crippen molar-refractivity contribution < 1.29 is 17.6 Å². The molecular formula is C25H24Cl2FN3O3S. The van der Waals surface area contributed by atoms with Crippen LogP contribution in [-0.4, -0.2) is 56.3 Å². The van der Waals surface area contributed by atoms with Crippen molar-refractivity contribution in [1.29, 1.82) is 0 Å². The maximum Gasteiger partial charge on any atom is 0.243 e. The minimum absolute atomic E-state index is 0.0214. The molecule has 4 rings (SSSR count). The summed E-state index contributed by atoms with van der Waals surface area (Å²) in [5, 5.41) is 0.885. The quantitative estimate of drug-likeness (QED) is 0.441. The maximum absolute atomic E-state index is 14.1. The van der Waals surface area contributed by atoms with Gasteiger partial charge in [0.25, 0.3) is 0 Å². The van der Waals surface area contributed by atoms with Crippen molar-refractivity contribution in [2.45, 2.75) is 11.4 Å². The van der Waals surface area contributed by atoms with E-state index in [4.69, 9.17) is 23.2 Å². The van der Waals surface area contributed by atoms with Gasteiger partial charge >= 0.3 is 0 Å². The normalized spacial score (nSPS) is 14.4.